The molecule has 0 spiro atoms. The van der Waals surface area contributed by atoms with Gasteiger partial charge in [-0.15, -0.1) is 0 Å². The molecule has 6 nitrogen and oxygen atoms in total. The lowest BCUT2D eigenvalue weighted by molar-refractivity contribution is -0.143. The second kappa shape index (κ2) is 54.2. The number of rotatable bonds is 54. The van der Waals surface area contributed by atoms with Gasteiger partial charge in [-0.1, -0.05) is 289 Å². The van der Waals surface area contributed by atoms with Crippen molar-refractivity contribution in [2.45, 2.75) is 334 Å². The summed E-state index contributed by atoms with van der Waals surface area (Å²) >= 11 is 0. The Morgan fingerprint density at radius 1 is 0.422 bits per heavy atom. The average Bonchev–Trinajstić information content (AvgIpc) is 3.29. The van der Waals surface area contributed by atoms with Gasteiger partial charge in [0.05, 0.1) is 25.4 Å². The minimum Gasteiger partial charge on any atom is -0.466 e. The molecule has 3 N–H and O–H groups in total. The molecule has 0 heterocycles. The molecular formula is C58H113NO5. The van der Waals surface area contributed by atoms with Crippen LogP contribution in [0.25, 0.3) is 0 Å². The number of hydrogen-bond donors (Lipinski definition) is 3. The van der Waals surface area contributed by atoms with Gasteiger partial charge in [0.1, 0.15) is 0 Å². The number of amides is 1. The van der Waals surface area contributed by atoms with Crippen LogP contribution in [0.5, 0.6) is 0 Å². The van der Waals surface area contributed by atoms with E-state index in [9.17, 15) is 19.8 Å². The van der Waals surface area contributed by atoms with Crippen LogP contribution in [0.1, 0.15) is 322 Å². The van der Waals surface area contributed by atoms with Gasteiger partial charge in [0.2, 0.25) is 5.91 Å². The predicted octanol–water partition coefficient (Wildman–Crippen LogP) is 17.7. The number of carbonyl (C=O) groups excluding carboxylic acids is 2. The SMILES string of the molecule is CCCCCCCCCCCCCCCCC/C=C/C(O)C(CO)NC(=O)CCCCCCCCCCCCCCCCCCCOC(=O)CCCCCCCCCCCCCCC. The first-order chi connectivity index (χ1) is 31.5. The monoisotopic (exact) mass is 904 g/mol. The van der Waals surface area contributed by atoms with Crippen molar-refractivity contribution in [2.24, 2.45) is 0 Å². The van der Waals surface area contributed by atoms with Gasteiger partial charge in [0.15, 0.2) is 0 Å². The van der Waals surface area contributed by atoms with Gasteiger partial charge in [-0.3, -0.25) is 9.59 Å². The summed E-state index contributed by atoms with van der Waals surface area (Å²) < 4.78 is 5.47. The van der Waals surface area contributed by atoms with E-state index < -0.39 is 12.1 Å². The van der Waals surface area contributed by atoms with Gasteiger partial charge in [0, 0.05) is 12.8 Å². The van der Waals surface area contributed by atoms with E-state index in [0.29, 0.717) is 19.4 Å². The van der Waals surface area contributed by atoms with Crippen LogP contribution in [0, 0.1) is 0 Å². The van der Waals surface area contributed by atoms with E-state index in [1.54, 1.807) is 6.08 Å². The van der Waals surface area contributed by atoms with Crippen molar-refractivity contribution in [3.05, 3.63) is 12.2 Å². The average molecular weight is 905 g/mol. The van der Waals surface area contributed by atoms with Crippen molar-refractivity contribution in [2.75, 3.05) is 13.2 Å². The van der Waals surface area contributed by atoms with Gasteiger partial charge < -0.3 is 20.3 Å². The third-order valence-corrected chi connectivity index (χ3v) is 13.6. The van der Waals surface area contributed by atoms with Crippen molar-refractivity contribution in [3.63, 3.8) is 0 Å². The molecule has 0 aromatic heterocycles. The van der Waals surface area contributed by atoms with Crippen LogP contribution >= 0.6 is 0 Å². The van der Waals surface area contributed by atoms with Crippen molar-refractivity contribution in [3.8, 4) is 0 Å². The first kappa shape index (κ1) is 62.6. The van der Waals surface area contributed by atoms with Crippen LogP contribution in [-0.2, 0) is 14.3 Å². The van der Waals surface area contributed by atoms with Crippen LogP contribution in [0.15, 0.2) is 12.2 Å². The Morgan fingerprint density at radius 2 is 0.719 bits per heavy atom. The van der Waals surface area contributed by atoms with Crippen molar-refractivity contribution in [1.82, 2.24) is 5.32 Å². The summed E-state index contributed by atoms with van der Waals surface area (Å²) in [6.07, 6.45) is 63.7. The first-order valence-corrected chi connectivity index (χ1v) is 29.0. The molecule has 0 saturated heterocycles. The van der Waals surface area contributed by atoms with Gasteiger partial charge in [-0.2, -0.15) is 0 Å². The molecule has 2 unspecified atom stereocenters. The minimum absolute atomic E-state index is 0.00652. The fraction of sp³-hybridized carbons (Fsp3) is 0.931. The molecule has 0 radical (unpaired) electrons. The number of carbonyl (C=O) groups is 2. The Balaban J connectivity index is 3.44. The molecule has 0 saturated carbocycles. The van der Waals surface area contributed by atoms with Gasteiger partial charge in [-0.05, 0) is 32.1 Å². The maximum atomic E-state index is 12.5. The maximum absolute atomic E-state index is 12.5. The number of ether oxygens (including phenoxy) is 1. The van der Waals surface area contributed by atoms with Crippen LogP contribution in [0.4, 0.5) is 0 Å². The van der Waals surface area contributed by atoms with Crippen LogP contribution in [0.2, 0.25) is 0 Å². The predicted molar refractivity (Wildman–Crippen MR) is 278 cm³/mol. The zero-order valence-electron chi connectivity index (χ0n) is 43.3. The topological polar surface area (TPSA) is 95.9 Å². The zero-order chi connectivity index (χ0) is 46.5. The van der Waals surface area contributed by atoms with E-state index in [-0.39, 0.29) is 18.5 Å². The molecule has 380 valence electrons. The molecule has 0 fully saturated rings. The highest BCUT2D eigenvalue weighted by molar-refractivity contribution is 5.76. The lowest BCUT2D eigenvalue weighted by atomic mass is 10.0. The molecule has 0 bridgehead atoms. The number of allylic oxidation sites excluding steroid dienone is 1. The Bertz CT molecular complexity index is 955. The Hall–Kier alpha value is -1.40. The lowest BCUT2D eigenvalue weighted by Gasteiger charge is -2.20. The molecule has 0 aromatic carbocycles. The number of esters is 1. The highest BCUT2D eigenvalue weighted by atomic mass is 16.5. The van der Waals surface area contributed by atoms with Crippen molar-refractivity contribution >= 4 is 11.9 Å². The Morgan fingerprint density at radius 3 is 1.06 bits per heavy atom. The van der Waals surface area contributed by atoms with E-state index >= 15 is 0 Å². The summed E-state index contributed by atoms with van der Waals surface area (Å²) in [6.45, 7) is 4.91. The number of hydrogen-bond acceptors (Lipinski definition) is 5. The van der Waals surface area contributed by atoms with Crippen LogP contribution in [0.3, 0.4) is 0 Å². The van der Waals surface area contributed by atoms with Gasteiger partial charge in [0.25, 0.3) is 0 Å². The van der Waals surface area contributed by atoms with Crippen LogP contribution in [-0.4, -0.2) is 47.4 Å². The number of nitrogens with one attached hydrogen (secondary N) is 1. The van der Waals surface area contributed by atoms with Gasteiger partial charge >= 0.3 is 5.97 Å². The maximum Gasteiger partial charge on any atom is 0.305 e. The summed E-state index contributed by atoms with van der Waals surface area (Å²) in [5.41, 5.74) is 0. The first-order valence-electron chi connectivity index (χ1n) is 29.0. The molecule has 0 aliphatic heterocycles. The summed E-state index contributed by atoms with van der Waals surface area (Å²) in [4.78, 5) is 24.5. The molecule has 1 amide bonds. The summed E-state index contributed by atoms with van der Waals surface area (Å²) in [5, 5.41) is 23.1. The Kier molecular flexibility index (Phi) is 53.0. The largest absolute Gasteiger partial charge is 0.466 e. The standard InChI is InChI=1S/C58H113NO5/c1-3-5-7-9-11-13-15-17-18-20-23-27-30-34-38-42-46-50-56(61)55(54-60)59-57(62)51-47-43-39-35-31-28-24-21-19-22-25-29-33-37-41-45-49-53-64-58(63)52-48-44-40-36-32-26-16-14-12-10-8-6-4-2/h46,50,55-56,60-61H,3-45,47-49,51-54H2,1-2H3,(H,59,62)/b50-46+. The zero-order valence-corrected chi connectivity index (χ0v) is 43.3. The highest BCUT2D eigenvalue weighted by Crippen LogP contribution is 2.17. The van der Waals surface area contributed by atoms with Crippen molar-refractivity contribution < 1.29 is 24.5 Å². The smallest absolute Gasteiger partial charge is 0.305 e. The normalized spacial score (nSPS) is 12.6. The molecule has 64 heavy (non-hydrogen) atoms. The second-order valence-corrected chi connectivity index (χ2v) is 20.0. The summed E-state index contributed by atoms with van der Waals surface area (Å²) in [5.74, 6) is -0.0642. The fourth-order valence-electron chi connectivity index (χ4n) is 9.11. The van der Waals surface area contributed by atoms with Crippen LogP contribution < -0.4 is 5.32 Å². The second-order valence-electron chi connectivity index (χ2n) is 20.0. The third kappa shape index (κ3) is 50.0. The minimum atomic E-state index is -0.847. The summed E-state index contributed by atoms with van der Waals surface area (Å²) in [6, 6.07) is -0.631. The number of aliphatic hydroxyl groups excluding tert-OH is 2. The van der Waals surface area contributed by atoms with Gasteiger partial charge in [-0.25, -0.2) is 0 Å². The lowest BCUT2D eigenvalue weighted by Crippen LogP contribution is -2.45. The van der Waals surface area contributed by atoms with E-state index in [2.05, 4.69) is 19.2 Å². The molecule has 2 atom stereocenters. The quantitative estimate of drug-likeness (QED) is 0.0321. The third-order valence-electron chi connectivity index (χ3n) is 13.6. The molecule has 0 aliphatic rings. The molecule has 6 heteroatoms. The highest BCUT2D eigenvalue weighted by Gasteiger charge is 2.18. The molecular weight excluding hydrogens is 791 g/mol. The molecule has 0 aliphatic carbocycles. The number of aliphatic hydroxyl groups is 2. The van der Waals surface area contributed by atoms with E-state index in [0.717, 1.165) is 38.5 Å². The fourth-order valence-corrected chi connectivity index (χ4v) is 9.11. The number of unbranched alkanes of at least 4 members (excludes halogenated alkanes) is 43. The van der Waals surface area contributed by atoms with E-state index in [4.69, 9.17) is 4.74 Å². The Labute approximate surface area is 399 Å². The van der Waals surface area contributed by atoms with Crippen molar-refractivity contribution in [1.29, 1.82) is 0 Å². The molecule has 0 aromatic rings. The van der Waals surface area contributed by atoms with E-state index in [1.165, 1.54) is 257 Å². The molecule has 0 rings (SSSR count). The van der Waals surface area contributed by atoms with E-state index in [1.807, 2.05) is 6.08 Å². The summed E-state index contributed by atoms with van der Waals surface area (Å²) in [7, 11) is 0.